The third kappa shape index (κ3) is 5.06. The molecule has 1 aliphatic rings. The predicted octanol–water partition coefficient (Wildman–Crippen LogP) is 3.69. The van der Waals surface area contributed by atoms with E-state index in [2.05, 4.69) is 37.4 Å². The SMILES string of the molecule is CCCNC(C)Cc1ccc(OCC2(CC#N)CC2)cc1. The van der Waals surface area contributed by atoms with Crippen molar-refractivity contribution in [2.45, 2.75) is 52.0 Å². The third-order valence-corrected chi connectivity index (χ3v) is 4.16. The Kier molecular flexibility index (Phi) is 5.64. The summed E-state index contributed by atoms with van der Waals surface area (Å²) in [7, 11) is 0. The summed E-state index contributed by atoms with van der Waals surface area (Å²) in [6.07, 6.45) is 5.07. The van der Waals surface area contributed by atoms with Gasteiger partial charge in [-0.2, -0.15) is 5.26 Å². The van der Waals surface area contributed by atoms with Crippen LogP contribution in [0.5, 0.6) is 5.75 Å². The van der Waals surface area contributed by atoms with Gasteiger partial charge in [0.1, 0.15) is 5.75 Å². The smallest absolute Gasteiger partial charge is 0.119 e. The second-order valence-corrected chi connectivity index (χ2v) is 6.33. The zero-order valence-corrected chi connectivity index (χ0v) is 13.2. The van der Waals surface area contributed by atoms with Crippen molar-refractivity contribution in [2.24, 2.45) is 5.41 Å². The van der Waals surface area contributed by atoms with Gasteiger partial charge in [0.2, 0.25) is 0 Å². The summed E-state index contributed by atoms with van der Waals surface area (Å²) in [6, 6.07) is 11.1. The van der Waals surface area contributed by atoms with Crippen LogP contribution >= 0.6 is 0 Å². The summed E-state index contributed by atoms with van der Waals surface area (Å²) in [6.45, 7) is 6.15. The molecule has 3 nitrogen and oxygen atoms in total. The van der Waals surface area contributed by atoms with Crippen LogP contribution in [0, 0.1) is 16.7 Å². The average Bonchev–Trinajstić information content (AvgIpc) is 3.25. The van der Waals surface area contributed by atoms with Crippen molar-refractivity contribution in [1.29, 1.82) is 5.26 Å². The van der Waals surface area contributed by atoms with E-state index in [0.717, 1.165) is 31.6 Å². The van der Waals surface area contributed by atoms with Crippen LogP contribution in [0.2, 0.25) is 0 Å². The molecule has 0 bridgehead atoms. The molecule has 0 aromatic heterocycles. The van der Waals surface area contributed by atoms with Crippen LogP contribution in [-0.4, -0.2) is 19.2 Å². The molecular weight excluding hydrogens is 260 g/mol. The monoisotopic (exact) mass is 286 g/mol. The Bertz CT molecular complexity index is 471. The molecule has 1 saturated carbocycles. The highest BCUT2D eigenvalue weighted by Crippen LogP contribution is 2.48. The summed E-state index contributed by atoms with van der Waals surface area (Å²) in [5, 5.41) is 12.3. The van der Waals surface area contributed by atoms with Gasteiger partial charge in [-0.25, -0.2) is 0 Å². The molecule has 0 radical (unpaired) electrons. The second-order valence-electron chi connectivity index (χ2n) is 6.33. The molecule has 0 heterocycles. The Morgan fingerprint density at radius 2 is 2.05 bits per heavy atom. The van der Waals surface area contributed by atoms with Crippen LogP contribution in [0.3, 0.4) is 0 Å². The Morgan fingerprint density at radius 3 is 2.62 bits per heavy atom. The molecule has 1 unspecified atom stereocenters. The van der Waals surface area contributed by atoms with Crippen molar-refractivity contribution < 1.29 is 4.74 Å². The van der Waals surface area contributed by atoms with Crippen molar-refractivity contribution >= 4 is 0 Å². The number of ether oxygens (including phenoxy) is 1. The summed E-state index contributed by atoms with van der Waals surface area (Å²) >= 11 is 0. The van der Waals surface area contributed by atoms with Crippen LogP contribution in [0.25, 0.3) is 0 Å². The van der Waals surface area contributed by atoms with E-state index in [9.17, 15) is 0 Å². The van der Waals surface area contributed by atoms with Crippen LogP contribution in [0.15, 0.2) is 24.3 Å². The van der Waals surface area contributed by atoms with E-state index in [1.165, 1.54) is 12.0 Å². The molecule has 0 amide bonds. The van der Waals surface area contributed by atoms with Gasteiger partial charge in [-0.3, -0.25) is 0 Å². The number of nitrogens with one attached hydrogen (secondary N) is 1. The summed E-state index contributed by atoms with van der Waals surface area (Å²) in [4.78, 5) is 0. The largest absolute Gasteiger partial charge is 0.493 e. The lowest BCUT2D eigenvalue weighted by atomic mass is 10.1. The van der Waals surface area contributed by atoms with E-state index in [1.54, 1.807) is 0 Å². The average molecular weight is 286 g/mol. The Balaban J connectivity index is 1.78. The lowest BCUT2D eigenvalue weighted by molar-refractivity contribution is 0.237. The topological polar surface area (TPSA) is 45.0 Å². The first-order valence-corrected chi connectivity index (χ1v) is 7.99. The van der Waals surface area contributed by atoms with E-state index in [0.29, 0.717) is 19.1 Å². The van der Waals surface area contributed by atoms with Gasteiger partial charge in [-0.1, -0.05) is 19.1 Å². The quantitative estimate of drug-likeness (QED) is 0.753. The molecular formula is C18H26N2O. The number of benzene rings is 1. The van der Waals surface area contributed by atoms with Crippen molar-refractivity contribution in [2.75, 3.05) is 13.2 Å². The van der Waals surface area contributed by atoms with Gasteiger partial charge in [0.25, 0.3) is 0 Å². The fourth-order valence-electron chi connectivity index (χ4n) is 2.49. The molecule has 1 aliphatic carbocycles. The van der Waals surface area contributed by atoms with Crippen LogP contribution in [-0.2, 0) is 6.42 Å². The number of nitrogens with zero attached hydrogens (tertiary/aromatic N) is 1. The van der Waals surface area contributed by atoms with Gasteiger partial charge >= 0.3 is 0 Å². The Labute approximate surface area is 128 Å². The van der Waals surface area contributed by atoms with Crippen LogP contribution < -0.4 is 10.1 Å². The molecule has 1 fully saturated rings. The number of nitriles is 1. The van der Waals surface area contributed by atoms with E-state index < -0.39 is 0 Å². The van der Waals surface area contributed by atoms with Crippen molar-refractivity contribution in [1.82, 2.24) is 5.32 Å². The summed E-state index contributed by atoms with van der Waals surface area (Å²) in [5.41, 5.74) is 1.48. The Hall–Kier alpha value is -1.53. The zero-order valence-electron chi connectivity index (χ0n) is 13.2. The Morgan fingerprint density at radius 1 is 1.33 bits per heavy atom. The molecule has 0 saturated heterocycles. The van der Waals surface area contributed by atoms with Crippen molar-refractivity contribution in [3.8, 4) is 11.8 Å². The predicted molar refractivity (Wildman–Crippen MR) is 85.3 cm³/mol. The molecule has 1 atom stereocenters. The van der Waals surface area contributed by atoms with E-state index in [-0.39, 0.29) is 5.41 Å². The molecule has 0 aliphatic heterocycles. The minimum absolute atomic E-state index is 0.145. The normalized spacial score (nSPS) is 17.0. The maximum absolute atomic E-state index is 8.81. The number of hydrogen-bond acceptors (Lipinski definition) is 3. The van der Waals surface area contributed by atoms with Gasteiger partial charge < -0.3 is 10.1 Å². The van der Waals surface area contributed by atoms with Gasteiger partial charge in [-0.05, 0) is 56.8 Å². The molecule has 1 aromatic rings. The maximum Gasteiger partial charge on any atom is 0.119 e. The van der Waals surface area contributed by atoms with Crippen LogP contribution in [0.1, 0.15) is 45.1 Å². The van der Waals surface area contributed by atoms with Gasteiger partial charge in [0, 0.05) is 17.9 Å². The lowest BCUT2D eigenvalue weighted by Gasteiger charge is -2.15. The molecule has 1 N–H and O–H groups in total. The third-order valence-electron chi connectivity index (χ3n) is 4.16. The van der Waals surface area contributed by atoms with Crippen LogP contribution in [0.4, 0.5) is 0 Å². The minimum atomic E-state index is 0.145. The molecule has 114 valence electrons. The molecule has 3 heteroatoms. The maximum atomic E-state index is 8.81. The fraction of sp³-hybridized carbons (Fsp3) is 0.611. The first kappa shape index (κ1) is 15.9. The first-order chi connectivity index (χ1) is 10.2. The summed E-state index contributed by atoms with van der Waals surface area (Å²) in [5.74, 6) is 0.914. The van der Waals surface area contributed by atoms with E-state index in [1.807, 2.05) is 12.1 Å². The zero-order chi connectivity index (χ0) is 15.1. The fourth-order valence-corrected chi connectivity index (χ4v) is 2.49. The van der Waals surface area contributed by atoms with Gasteiger partial charge in [0.15, 0.2) is 0 Å². The minimum Gasteiger partial charge on any atom is -0.493 e. The molecule has 2 rings (SSSR count). The highest BCUT2D eigenvalue weighted by molar-refractivity contribution is 5.28. The number of rotatable bonds is 9. The highest BCUT2D eigenvalue weighted by atomic mass is 16.5. The lowest BCUT2D eigenvalue weighted by Crippen LogP contribution is -2.28. The molecule has 1 aromatic carbocycles. The highest BCUT2D eigenvalue weighted by Gasteiger charge is 2.43. The molecule has 0 spiro atoms. The van der Waals surface area contributed by atoms with Crippen molar-refractivity contribution in [3.63, 3.8) is 0 Å². The standard InChI is InChI=1S/C18H26N2O/c1-3-12-20-15(2)13-16-4-6-17(7-5-16)21-14-18(8-9-18)10-11-19/h4-7,15,20H,3,8-10,12-14H2,1-2H3. The van der Waals surface area contributed by atoms with E-state index in [4.69, 9.17) is 10.00 Å². The second kappa shape index (κ2) is 7.47. The van der Waals surface area contributed by atoms with Gasteiger partial charge in [-0.15, -0.1) is 0 Å². The first-order valence-electron chi connectivity index (χ1n) is 7.99. The van der Waals surface area contributed by atoms with Gasteiger partial charge in [0.05, 0.1) is 12.7 Å². The van der Waals surface area contributed by atoms with E-state index >= 15 is 0 Å². The number of hydrogen-bond donors (Lipinski definition) is 1. The summed E-state index contributed by atoms with van der Waals surface area (Å²) < 4.78 is 5.84. The molecule has 21 heavy (non-hydrogen) atoms. The van der Waals surface area contributed by atoms with Crippen molar-refractivity contribution in [3.05, 3.63) is 29.8 Å².